The fraction of sp³-hybridized carbons (Fsp3) is 0. The van der Waals surface area contributed by atoms with Gasteiger partial charge in [0.15, 0.2) is 23.2 Å². The molecule has 0 amide bonds. The molecule has 1 heterocycles. The average molecular weight is 355 g/mol. The van der Waals surface area contributed by atoms with Crippen LogP contribution in [-0.4, -0.2) is 5.78 Å². The van der Waals surface area contributed by atoms with Gasteiger partial charge < -0.3 is 4.42 Å². The first-order chi connectivity index (χ1) is 9.99. The van der Waals surface area contributed by atoms with E-state index in [0.29, 0.717) is 21.5 Å². The van der Waals surface area contributed by atoms with Crippen molar-refractivity contribution < 1.29 is 22.4 Å². The molecule has 106 valence electrons. The van der Waals surface area contributed by atoms with Gasteiger partial charge in [-0.1, -0.05) is 12.1 Å². The van der Waals surface area contributed by atoms with Gasteiger partial charge in [-0.3, -0.25) is 4.79 Å². The van der Waals surface area contributed by atoms with E-state index in [0.717, 1.165) is 6.07 Å². The maximum Gasteiger partial charge on any atom is 0.231 e. The van der Waals surface area contributed by atoms with Gasteiger partial charge >= 0.3 is 0 Å². The molecule has 2 nitrogen and oxygen atoms in total. The molecule has 1 aromatic heterocycles. The highest BCUT2D eigenvalue weighted by Crippen LogP contribution is 2.28. The number of furan rings is 1. The second-order valence-corrected chi connectivity index (χ2v) is 5.18. The quantitative estimate of drug-likeness (QED) is 0.486. The van der Waals surface area contributed by atoms with Crippen molar-refractivity contribution in [3.05, 3.63) is 69.6 Å². The third kappa shape index (κ3) is 2.25. The van der Waals surface area contributed by atoms with Crippen molar-refractivity contribution >= 4 is 32.7 Å². The van der Waals surface area contributed by atoms with E-state index in [4.69, 9.17) is 4.42 Å². The molecular formula is C15H6BrF3O2. The Bertz CT molecular complexity index is 871. The fourth-order valence-corrected chi connectivity index (χ4v) is 2.44. The van der Waals surface area contributed by atoms with Gasteiger partial charge in [0, 0.05) is 5.39 Å². The molecule has 3 rings (SSSR count). The molecule has 0 saturated carbocycles. The van der Waals surface area contributed by atoms with Crippen LogP contribution >= 0.6 is 15.9 Å². The second-order valence-electron chi connectivity index (χ2n) is 4.32. The van der Waals surface area contributed by atoms with Crippen LogP contribution in [0.4, 0.5) is 13.2 Å². The number of ketones is 1. The number of fused-ring (bicyclic) bond motifs is 1. The molecule has 0 aliphatic carbocycles. The van der Waals surface area contributed by atoms with Gasteiger partial charge in [-0.25, -0.2) is 13.2 Å². The molecule has 6 heteroatoms. The van der Waals surface area contributed by atoms with Crippen LogP contribution in [0.1, 0.15) is 16.1 Å². The molecule has 3 aromatic rings. The molecule has 0 aliphatic rings. The Morgan fingerprint density at radius 2 is 1.81 bits per heavy atom. The molecule has 21 heavy (non-hydrogen) atoms. The van der Waals surface area contributed by atoms with Gasteiger partial charge in [0.1, 0.15) is 5.58 Å². The summed E-state index contributed by atoms with van der Waals surface area (Å²) in [6.45, 7) is 0. The average Bonchev–Trinajstić information content (AvgIpc) is 2.90. The zero-order valence-electron chi connectivity index (χ0n) is 10.3. The van der Waals surface area contributed by atoms with Crippen molar-refractivity contribution in [2.75, 3.05) is 0 Å². The molecular weight excluding hydrogens is 349 g/mol. The minimum Gasteiger partial charge on any atom is -0.451 e. The Balaban J connectivity index is 2.13. The van der Waals surface area contributed by atoms with Gasteiger partial charge in [-0.05, 0) is 40.2 Å². The van der Waals surface area contributed by atoms with Gasteiger partial charge in [0.05, 0.1) is 10.0 Å². The van der Waals surface area contributed by atoms with E-state index in [9.17, 15) is 18.0 Å². The zero-order chi connectivity index (χ0) is 15.1. The summed E-state index contributed by atoms with van der Waals surface area (Å²) in [4.78, 5) is 12.2. The van der Waals surface area contributed by atoms with Crippen LogP contribution in [0.15, 0.2) is 45.3 Å². The lowest BCUT2D eigenvalue weighted by Crippen LogP contribution is -2.06. The van der Waals surface area contributed by atoms with E-state index in [1.807, 2.05) is 0 Å². The summed E-state index contributed by atoms with van der Waals surface area (Å²) in [7, 11) is 0. The normalized spacial score (nSPS) is 11.0. The predicted molar refractivity (Wildman–Crippen MR) is 73.7 cm³/mol. The zero-order valence-corrected chi connectivity index (χ0v) is 11.9. The molecule has 0 N–H and O–H groups in total. The van der Waals surface area contributed by atoms with Crippen molar-refractivity contribution in [3.8, 4) is 0 Å². The lowest BCUT2D eigenvalue weighted by molar-refractivity contribution is 0.101. The van der Waals surface area contributed by atoms with Crippen LogP contribution in [0.3, 0.4) is 0 Å². The van der Waals surface area contributed by atoms with Crippen molar-refractivity contribution in [2.45, 2.75) is 0 Å². The van der Waals surface area contributed by atoms with E-state index < -0.39 is 28.8 Å². The molecule has 0 atom stereocenters. The van der Waals surface area contributed by atoms with Crippen LogP contribution < -0.4 is 0 Å². The standard InChI is InChI=1S/C15H6BrF3O2/c16-9-3-1-2-7-6-11(21-15(7)9)14(20)8-4-5-10(17)13(19)12(8)18/h1-6H. The lowest BCUT2D eigenvalue weighted by atomic mass is 10.1. The van der Waals surface area contributed by atoms with Crippen molar-refractivity contribution in [1.29, 1.82) is 0 Å². The highest BCUT2D eigenvalue weighted by Gasteiger charge is 2.22. The Kier molecular flexibility index (Phi) is 3.33. The summed E-state index contributed by atoms with van der Waals surface area (Å²) in [5, 5.41) is 0.635. The number of carbonyl (C=O) groups excluding carboxylic acids is 1. The number of hydrogen-bond donors (Lipinski definition) is 0. The van der Waals surface area contributed by atoms with Crippen molar-refractivity contribution in [2.24, 2.45) is 0 Å². The predicted octanol–water partition coefficient (Wildman–Crippen LogP) is 4.84. The Labute approximate surface area is 125 Å². The highest BCUT2D eigenvalue weighted by atomic mass is 79.9. The molecule has 2 aromatic carbocycles. The van der Waals surface area contributed by atoms with Crippen LogP contribution in [0.25, 0.3) is 11.0 Å². The summed E-state index contributed by atoms with van der Waals surface area (Å²) in [6, 6.07) is 8.18. The summed E-state index contributed by atoms with van der Waals surface area (Å²) < 4.78 is 45.7. The van der Waals surface area contributed by atoms with Gasteiger partial charge in [-0.15, -0.1) is 0 Å². The summed E-state index contributed by atoms with van der Waals surface area (Å²) >= 11 is 3.26. The fourth-order valence-electron chi connectivity index (χ4n) is 1.97. The van der Waals surface area contributed by atoms with Crippen LogP contribution in [0.2, 0.25) is 0 Å². The second kappa shape index (κ2) is 5.04. The number of rotatable bonds is 2. The van der Waals surface area contributed by atoms with Gasteiger partial charge in [0.2, 0.25) is 5.78 Å². The van der Waals surface area contributed by atoms with E-state index >= 15 is 0 Å². The Morgan fingerprint density at radius 3 is 2.52 bits per heavy atom. The van der Waals surface area contributed by atoms with Gasteiger partial charge in [-0.2, -0.15) is 0 Å². The molecule has 0 fully saturated rings. The smallest absolute Gasteiger partial charge is 0.231 e. The Morgan fingerprint density at radius 1 is 1.05 bits per heavy atom. The SMILES string of the molecule is O=C(c1cc2cccc(Br)c2o1)c1ccc(F)c(F)c1F. The molecule has 0 unspecified atom stereocenters. The minimum absolute atomic E-state index is 0.151. The van der Waals surface area contributed by atoms with E-state index in [-0.39, 0.29) is 5.76 Å². The molecule has 0 radical (unpaired) electrons. The monoisotopic (exact) mass is 354 g/mol. The summed E-state index contributed by atoms with van der Waals surface area (Å²) in [6.07, 6.45) is 0. The first kappa shape index (κ1) is 13.9. The topological polar surface area (TPSA) is 30.2 Å². The van der Waals surface area contributed by atoms with Crippen LogP contribution in [-0.2, 0) is 0 Å². The van der Waals surface area contributed by atoms with Crippen LogP contribution in [0.5, 0.6) is 0 Å². The number of carbonyl (C=O) groups is 1. The van der Waals surface area contributed by atoms with Crippen molar-refractivity contribution in [1.82, 2.24) is 0 Å². The first-order valence-corrected chi connectivity index (χ1v) is 6.64. The van der Waals surface area contributed by atoms with Crippen LogP contribution in [0, 0.1) is 17.5 Å². The summed E-state index contributed by atoms with van der Waals surface area (Å²) in [5.74, 6) is -5.56. The number of halogens is 4. The number of para-hydroxylation sites is 1. The molecule has 0 bridgehead atoms. The third-order valence-corrected chi connectivity index (χ3v) is 3.62. The Hall–Kier alpha value is -2.08. The van der Waals surface area contributed by atoms with Crippen molar-refractivity contribution in [3.63, 3.8) is 0 Å². The molecule has 0 saturated heterocycles. The maximum atomic E-state index is 13.6. The first-order valence-electron chi connectivity index (χ1n) is 5.85. The lowest BCUT2D eigenvalue weighted by Gasteiger charge is -2.01. The van der Waals surface area contributed by atoms with E-state index in [2.05, 4.69) is 15.9 Å². The highest BCUT2D eigenvalue weighted by molar-refractivity contribution is 9.10. The number of hydrogen-bond acceptors (Lipinski definition) is 2. The minimum atomic E-state index is -1.68. The van der Waals surface area contributed by atoms with Gasteiger partial charge in [0.25, 0.3) is 0 Å². The molecule has 0 aliphatic heterocycles. The largest absolute Gasteiger partial charge is 0.451 e. The summed E-state index contributed by atoms with van der Waals surface area (Å²) in [5.41, 5.74) is -0.159. The maximum absolute atomic E-state index is 13.6. The van der Waals surface area contributed by atoms with E-state index in [1.54, 1.807) is 18.2 Å². The number of benzene rings is 2. The third-order valence-electron chi connectivity index (χ3n) is 3.00. The van der Waals surface area contributed by atoms with E-state index in [1.165, 1.54) is 6.07 Å². The molecule has 0 spiro atoms.